The molecule has 0 fully saturated rings. The van der Waals surface area contributed by atoms with Gasteiger partial charge in [-0.05, 0) is 31.5 Å². The summed E-state index contributed by atoms with van der Waals surface area (Å²) >= 11 is 0. The van der Waals surface area contributed by atoms with Crippen molar-refractivity contribution in [3.63, 3.8) is 0 Å². The van der Waals surface area contributed by atoms with E-state index >= 15 is 0 Å². The van der Waals surface area contributed by atoms with E-state index in [1.54, 1.807) is 0 Å². The standard InChI is InChI=1S/C13H20N/c1-2-3-7-11-14-12-10-13-8-5-4-6-9-13/h4-6,8-9,14H,1-3,7,10-12H2. The molecule has 0 saturated carbocycles. The Morgan fingerprint density at radius 3 is 2.50 bits per heavy atom. The Balaban J connectivity index is 1.99. The van der Waals surface area contributed by atoms with Crippen molar-refractivity contribution in [1.82, 2.24) is 5.32 Å². The number of rotatable bonds is 7. The first-order chi connectivity index (χ1) is 6.93. The molecular weight excluding hydrogens is 170 g/mol. The van der Waals surface area contributed by atoms with E-state index in [0.29, 0.717) is 0 Å². The van der Waals surface area contributed by atoms with Crippen molar-refractivity contribution in [3.05, 3.63) is 42.8 Å². The Hall–Kier alpha value is -0.820. The summed E-state index contributed by atoms with van der Waals surface area (Å²) in [7, 11) is 0. The molecule has 0 heterocycles. The van der Waals surface area contributed by atoms with Crippen molar-refractivity contribution in [3.8, 4) is 0 Å². The molecule has 1 radical (unpaired) electrons. The van der Waals surface area contributed by atoms with E-state index < -0.39 is 0 Å². The largest absolute Gasteiger partial charge is 0.316 e. The molecule has 1 heteroatoms. The predicted molar refractivity (Wildman–Crippen MR) is 62.2 cm³/mol. The second-order valence-electron chi connectivity index (χ2n) is 3.55. The van der Waals surface area contributed by atoms with Crippen LogP contribution in [0.2, 0.25) is 0 Å². The van der Waals surface area contributed by atoms with E-state index in [4.69, 9.17) is 0 Å². The monoisotopic (exact) mass is 190 g/mol. The summed E-state index contributed by atoms with van der Waals surface area (Å²) in [5.74, 6) is 0. The molecule has 1 rings (SSSR count). The van der Waals surface area contributed by atoms with Gasteiger partial charge in [0.2, 0.25) is 0 Å². The van der Waals surface area contributed by atoms with Crippen LogP contribution in [0.15, 0.2) is 30.3 Å². The fraction of sp³-hybridized carbons (Fsp3) is 0.462. The Kier molecular flexibility index (Phi) is 6.09. The molecular formula is C13H20N. The van der Waals surface area contributed by atoms with Crippen LogP contribution in [0.3, 0.4) is 0 Å². The molecule has 0 bridgehead atoms. The van der Waals surface area contributed by atoms with Crippen LogP contribution in [-0.2, 0) is 6.42 Å². The fourth-order valence-corrected chi connectivity index (χ4v) is 1.43. The maximum atomic E-state index is 3.82. The molecule has 0 aromatic heterocycles. The highest BCUT2D eigenvalue weighted by atomic mass is 14.8. The number of benzene rings is 1. The summed E-state index contributed by atoms with van der Waals surface area (Å²) in [6.45, 7) is 6.04. The molecule has 0 aliphatic heterocycles. The molecule has 0 atom stereocenters. The van der Waals surface area contributed by atoms with E-state index in [1.807, 2.05) is 0 Å². The second kappa shape index (κ2) is 7.57. The normalized spacial score (nSPS) is 10.4. The molecule has 0 spiro atoms. The molecule has 1 aromatic carbocycles. The van der Waals surface area contributed by atoms with Crippen LogP contribution in [0.4, 0.5) is 0 Å². The van der Waals surface area contributed by atoms with E-state index in [1.165, 1.54) is 18.4 Å². The number of nitrogens with one attached hydrogen (secondary N) is 1. The lowest BCUT2D eigenvalue weighted by molar-refractivity contribution is 0.626. The van der Waals surface area contributed by atoms with E-state index in [0.717, 1.165) is 25.9 Å². The first-order valence-corrected chi connectivity index (χ1v) is 5.47. The van der Waals surface area contributed by atoms with E-state index in [-0.39, 0.29) is 0 Å². The maximum Gasteiger partial charge on any atom is -0.000835 e. The van der Waals surface area contributed by atoms with Crippen molar-refractivity contribution in [2.24, 2.45) is 0 Å². The van der Waals surface area contributed by atoms with Gasteiger partial charge in [0.1, 0.15) is 0 Å². The number of hydrogen-bond donors (Lipinski definition) is 1. The molecule has 1 aromatic rings. The molecule has 1 nitrogen and oxygen atoms in total. The number of hydrogen-bond acceptors (Lipinski definition) is 1. The highest BCUT2D eigenvalue weighted by Crippen LogP contribution is 1.98. The second-order valence-corrected chi connectivity index (χ2v) is 3.55. The van der Waals surface area contributed by atoms with Crippen LogP contribution >= 0.6 is 0 Å². The van der Waals surface area contributed by atoms with Gasteiger partial charge in [0, 0.05) is 0 Å². The quantitative estimate of drug-likeness (QED) is 0.652. The first kappa shape index (κ1) is 11.3. The van der Waals surface area contributed by atoms with Gasteiger partial charge >= 0.3 is 0 Å². The zero-order chi connectivity index (χ0) is 10.1. The molecule has 14 heavy (non-hydrogen) atoms. The summed E-state index contributed by atoms with van der Waals surface area (Å²) in [6.07, 6.45) is 4.67. The smallest absolute Gasteiger partial charge is 0.000835 e. The van der Waals surface area contributed by atoms with Gasteiger partial charge in [0.05, 0.1) is 0 Å². The minimum Gasteiger partial charge on any atom is -0.316 e. The highest BCUT2D eigenvalue weighted by molar-refractivity contribution is 5.14. The minimum atomic E-state index is 1.06. The van der Waals surface area contributed by atoms with Gasteiger partial charge in [-0.2, -0.15) is 0 Å². The fourth-order valence-electron chi connectivity index (χ4n) is 1.43. The Morgan fingerprint density at radius 1 is 1.00 bits per heavy atom. The zero-order valence-electron chi connectivity index (χ0n) is 8.84. The lowest BCUT2D eigenvalue weighted by Crippen LogP contribution is -2.18. The highest BCUT2D eigenvalue weighted by Gasteiger charge is 1.90. The molecule has 77 valence electrons. The summed E-state index contributed by atoms with van der Waals surface area (Å²) in [5, 5.41) is 3.44. The van der Waals surface area contributed by atoms with Crippen LogP contribution in [0.25, 0.3) is 0 Å². The lowest BCUT2D eigenvalue weighted by Gasteiger charge is -2.03. The van der Waals surface area contributed by atoms with Crippen molar-refractivity contribution < 1.29 is 0 Å². The van der Waals surface area contributed by atoms with Gasteiger partial charge in [-0.3, -0.25) is 0 Å². The van der Waals surface area contributed by atoms with Crippen LogP contribution in [-0.4, -0.2) is 13.1 Å². The summed E-state index contributed by atoms with van der Waals surface area (Å²) in [5.41, 5.74) is 1.41. The average Bonchev–Trinajstić information content (AvgIpc) is 2.25. The van der Waals surface area contributed by atoms with Gasteiger partial charge < -0.3 is 5.32 Å². The van der Waals surface area contributed by atoms with Crippen LogP contribution < -0.4 is 5.32 Å². The average molecular weight is 190 g/mol. The molecule has 1 N–H and O–H groups in total. The zero-order valence-corrected chi connectivity index (χ0v) is 8.84. The molecule has 0 aliphatic rings. The van der Waals surface area contributed by atoms with Crippen LogP contribution in [0, 0.1) is 6.92 Å². The predicted octanol–water partition coefficient (Wildman–Crippen LogP) is 2.82. The van der Waals surface area contributed by atoms with Crippen LogP contribution in [0.5, 0.6) is 0 Å². The third kappa shape index (κ3) is 5.03. The van der Waals surface area contributed by atoms with Gasteiger partial charge in [-0.15, -0.1) is 0 Å². The number of unbranched alkanes of at least 4 members (excludes halogenated alkanes) is 2. The van der Waals surface area contributed by atoms with Crippen molar-refractivity contribution in [1.29, 1.82) is 0 Å². The summed E-state index contributed by atoms with van der Waals surface area (Å²) < 4.78 is 0. The van der Waals surface area contributed by atoms with Gasteiger partial charge in [-0.25, -0.2) is 0 Å². The van der Waals surface area contributed by atoms with Crippen molar-refractivity contribution >= 4 is 0 Å². The Labute approximate surface area is 87.5 Å². The van der Waals surface area contributed by atoms with E-state index in [2.05, 4.69) is 42.6 Å². The van der Waals surface area contributed by atoms with Crippen LogP contribution in [0.1, 0.15) is 24.8 Å². The molecule has 0 unspecified atom stereocenters. The third-order valence-corrected chi connectivity index (χ3v) is 2.29. The minimum absolute atomic E-state index is 1.06. The molecule has 0 saturated heterocycles. The SMILES string of the molecule is [CH2]CCCCNCCc1ccccc1. The molecule has 0 aliphatic carbocycles. The topological polar surface area (TPSA) is 12.0 Å². The Morgan fingerprint density at radius 2 is 1.79 bits per heavy atom. The lowest BCUT2D eigenvalue weighted by atomic mass is 10.1. The maximum absolute atomic E-state index is 3.82. The first-order valence-electron chi connectivity index (χ1n) is 5.47. The van der Waals surface area contributed by atoms with E-state index in [9.17, 15) is 0 Å². The summed E-state index contributed by atoms with van der Waals surface area (Å²) in [6, 6.07) is 10.6. The van der Waals surface area contributed by atoms with Gasteiger partial charge in [0.15, 0.2) is 0 Å². The molecule has 0 amide bonds. The van der Waals surface area contributed by atoms with Crippen molar-refractivity contribution in [2.75, 3.05) is 13.1 Å². The van der Waals surface area contributed by atoms with Crippen molar-refractivity contribution in [2.45, 2.75) is 25.7 Å². The van der Waals surface area contributed by atoms with Gasteiger partial charge in [-0.1, -0.05) is 50.1 Å². The van der Waals surface area contributed by atoms with Gasteiger partial charge in [0.25, 0.3) is 0 Å². The Bertz CT molecular complexity index is 218. The third-order valence-electron chi connectivity index (χ3n) is 2.29. The summed E-state index contributed by atoms with van der Waals surface area (Å²) in [4.78, 5) is 0.